The number of amides is 1. The smallest absolute Gasteiger partial charge is 0.250 e. The number of rotatable bonds is 8. The van der Waals surface area contributed by atoms with Gasteiger partial charge in [0.15, 0.2) is 5.11 Å². The molecule has 0 saturated carbocycles. The SMILES string of the molecule is COCC(=O)Nc1ccc(N2C(=S)N[C@H](c3ccccn3)[C@@H]2c2cc(C)n(Cc3cccnc3)c2C)cc1Cl. The summed E-state index contributed by atoms with van der Waals surface area (Å²) >= 11 is 12.5. The number of anilines is 2. The minimum atomic E-state index is -0.278. The molecule has 39 heavy (non-hydrogen) atoms. The average Bonchev–Trinajstić information content (AvgIpc) is 3.42. The Bertz CT molecular complexity index is 1490. The van der Waals surface area contributed by atoms with Crippen LogP contribution in [0.3, 0.4) is 0 Å². The molecule has 8 nitrogen and oxygen atoms in total. The Hall–Kier alpha value is -3.79. The fourth-order valence-electron chi connectivity index (χ4n) is 5.07. The molecule has 0 radical (unpaired) electrons. The Balaban J connectivity index is 1.56. The first kappa shape index (κ1) is 26.8. The number of aryl methyl sites for hydroxylation is 1. The molecule has 4 aromatic rings. The summed E-state index contributed by atoms with van der Waals surface area (Å²) < 4.78 is 7.21. The van der Waals surface area contributed by atoms with Gasteiger partial charge in [0.25, 0.3) is 0 Å². The summed E-state index contributed by atoms with van der Waals surface area (Å²) in [5.41, 5.74) is 6.73. The van der Waals surface area contributed by atoms with Crippen LogP contribution in [0.1, 0.15) is 40.3 Å². The van der Waals surface area contributed by atoms with Gasteiger partial charge in [-0.2, -0.15) is 0 Å². The van der Waals surface area contributed by atoms with Crippen LogP contribution in [0.15, 0.2) is 73.2 Å². The Kier molecular flexibility index (Phi) is 7.92. The lowest BCUT2D eigenvalue weighted by molar-refractivity contribution is -0.119. The van der Waals surface area contributed by atoms with Gasteiger partial charge in [-0.05, 0) is 79.7 Å². The van der Waals surface area contributed by atoms with Crippen LogP contribution in [0.4, 0.5) is 11.4 Å². The van der Waals surface area contributed by atoms with Crippen LogP contribution in [0.25, 0.3) is 0 Å². The van der Waals surface area contributed by atoms with Gasteiger partial charge in [0.2, 0.25) is 5.91 Å². The Labute approximate surface area is 238 Å². The summed E-state index contributed by atoms with van der Waals surface area (Å²) in [5.74, 6) is -0.278. The van der Waals surface area contributed by atoms with E-state index in [9.17, 15) is 4.79 Å². The monoisotopic (exact) mass is 560 g/mol. The van der Waals surface area contributed by atoms with E-state index >= 15 is 0 Å². The molecule has 0 aliphatic carbocycles. The second-order valence-electron chi connectivity index (χ2n) is 9.42. The number of aromatic nitrogens is 3. The van der Waals surface area contributed by atoms with Gasteiger partial charge < -0.3 is 24.8 Å². The summed E-state index contributed by atoms with van der Waals surface area (Å²) in [4.78, 5) is 23.1. The van der Waals surface area contributed by atoms with E-state index in [1.807, 2.05) is 42.6 Å². The Morgan fingerprint density at radius 3 is 2.69 bits per heavy atom. The Morgan fingerprint density at radius 1 is 1.15 bits per heavy atom. The lowest BCUT2D eigenvalue weighted by Gasteiger charge is -2.28. The zero-order valence-corrected chi connectivity index (χ0v) is 23.5. The van der Waals surface area contributed by atoms with Crippen molar-refractivity contribution in [3.63, 3.8) is 0 Å². The first-order chi connectivity index (χ1) is 18.9. The van der Waals surface area contributed by atoms with E-state index in [-0.39, 0.29) is 24.6 Å². The van der Waals surface area contributed by atoms with E-state index in [1.165, 1.54) is 7.11 Å². The lowest BCUT2D eigenvalue weighted by Crippen LogP contribution is -2.29. The molecule has 10 heteroatoms. The van der Waals surface area contributed by atoms with Crippen molar-refractivity contribution in [3.8, 4) is 0 Å². The van der Waals surface area contributed by atoms with E-state index in [4.69, 9.17) is 28.6 Å². The van der Waals surface area contributed by atoms with Crippen molar-refractivity contribution in [2.75, 3.05) is 23.9 Å². The topological polar surface area (TPSA) is 84.3 Å². The van der Waals surface area contributed by atoms with Crippen LogP contribution < -0.4 is 15.5 Å². The summed E-state index contributed by atoms with van der Waals surface area (Å²) in [7, 11) is 1.47. The van der Waals surface area contributed by atoms with E-state index in [1.54, 1.807) is 18.5 Å². The third-order valence-corrected chi connectivity index (χ3v) is 7.50. The highest BCUT2D eigenvalue weighted by Gasteiger charge is 2.42. The molecule has 3 aromatic heterocycles. The quantitative estimate of drug-likeness (QED) is 0.281. The number of hydrogen-bond acceptors (Lipinski definition) is 5. The van der Waals surface area contributed by atoms with Crippen molar-refractivity contribution in [1.82, 2.24) is 19.9 Å². The number of ether oxygens (including phenoxy) is 1. The summed E-state index contributed by atoms with van der Waals surface area (Å²) in [5, 5.41) is 7.26. The third kappa shape index (κ3) is 5.52. The standard InChI is InChI=1S/C29H29ClN6O2S/c1-18-13-22(19(2)35(18)16-20-7-6-11-31-15-20)28-27(25-8-4-5-12-32-25)34-29(39)36(28)21-9-10-24(23(30)14-21)33-26(37)17-38-3/h4-15,27-28H,16-17H2,1-3H3,(H,33,37)(H,34,39)/t27-,28+/m1/s1. The maximum atomic E-state index is 12.0. The summed E-state index contributed by atoms with van der Waals surface area (Å²) in [6.45, 7) is 4.91. The van der Waals surface area contributed by atoms with Gasteiger partial charge >= 0.3 is 0 Å². The molecule has 1 fully saturated rings. The van der Waals surface area contributed by atoms with Crippen LogP contribution >= 0.6 is 23.8 Å². The van der Waals surface area contributed by atoms with Crippen molar-refractivity contribution in [2.45, 2.75) is 32.5 Å². The average molecular weight is 561 g/mol. The zero-order chi connectivity index (χ0) is 27.5. The molecule has 1 aliphatic heterocycles. The molecule has 200 valence electrons. The number of pyridine rings is 2. The number of halogens is 1. The number of carbonyl (C=O) groups excluding carboxylic acids is 1. The number of nitrogens with one attached hydrogen (secondary N) is 2. The van der Waals surface area contributed by atoms with Crippen LogP contribution in [-0.2, 0) is 16.1 Å². The fourth-order valence-corrected chi connectivity index (χ4v) is 5.63. The zero-order valence-electron chi connectivity index (χ0n) is 21.9. The summed E-state index contributed by atoms with van der Waals surface area (Å²) in [6, 6.07) is 17.3. The molecule has 1 amide bonds. The number of benzene rings is 1. The number of nitrogens with zero attached hydrogens (tertiary/aromatic N) is 4. The van der Waals surface area contributed by atoms with Gasteiger partial charge in [-0.3, -0.25) is 14.8 Å². The Morgan fingerprint density at radius 2 is 2.00 bits per heavy atom. The molecule has 0 spiro atoms. The largest absolute Gasteiger partial charge is 0.375 e. The molecule has 2 atom stereocenters. The molecule has 1 saturated heterocycles. The molecule has 0 bridgehead atoms. The van der Waals surface area contributed by atoms with Crippen molar-refractivity contribution < 1.29 is 9.53 Å². The predicted octanol–water partition coefficient (Wildman–Crippen LogP) is 5.36. The second-order valence-corrected chi connectivity index (χ2v) is 10.2. The molecule has 5 rings (SSSR count). The first-order valence-corrected chi connectivity index (χ1v) is 13.3. The first-order valence-electron chi connectivity index (χ1n) is 12.5. The maximum absolute atomic E-state index is 12.0. The van der Waals surface area contributed by atoms with Gasteiger partial charge in [0, 0.05) is 49.3 Å². The van der Waals surface area contributed by atoms with E-state index in [0.29, 0.717) is 22.4 Å². The highest BCUT2D eigenvalue weighted by Crippen LogP contribution is 2.44. The van der Waals surface area contributed by atoms with Crippen LogP contribution in [0.5, 0.6) is 0 Å². The van der Waals surface area contributed by atoms with Crippen LogP contribution in [0, 0.1) is 13.8 Å². The molecule has 1 aliphatic rings. The summed E-state index contributed by atoms with van der Waals surface area (Å²) in [6.07, 6.45) is 5.47. The van der Waals surface area contributed by atoms with Crippen LogP contribution in [-0.4, -0.2) is 39.3 Å². The maximum Gasteiger partial charge on any atom is 0.250 e. The molecular formula is C29H29ClN6O2S. The number of carbonyl (C=O) groups is 1. The van der Waals surface area contributed by atoms with Crippen molar-refractivity contribution in [1.29, 1.82) is 0 Å². The number of methoxy groups -OCH3 is 1. The van der Waals surface area contributed by atoms with Crippen molar-refractivity contribution in [3.05, 3.63) is 106 Å². The van der Waals surface area contributed by atoms with Gasteiger partial charge in [-0.25, -0.2) is 0 Å². The molecular weight excluding hydrogens is 532 g/mol. The second kappa shape index (κ2) is 11.5. The number of hydrogen-bond donors (Lipinski definition) is 2. The highest BCUT2D eigenvalue weighted by atomic mass is 35.5. The van der Waals surface area contributed by atoms with Gasteiger partial charge in [-0.1, -0.05) is 23.7 Å². The van der Waals surface area contributed by atoms with Crippen molar-refractivity contribution >= 4 is 46.2 Å². The van der Waals surface area contributed by atoms with E-state index < -0.39 is 0 Å². The number of thiocarbonyl (C=S) groups is 1. The molecule has 4 heterocycles. The van der Waals surface area contributed by atoms with Crippen LogP contribution in [0.2, 0.25) is 5.02 Å². The molecule has 0 unspecified atom stereocenters. The normalized spacial score (nSPS) is 16.8. The van der Waals surface area contributed by atoms with E-state index in [0.717, 1.165) is 33.9 Å². The minimum Gasteiger partial charge on any atom is -0.375 e. The third-order valence-electron chi connectivity index (χ3n) is 6.87. The van der Waals surface area contributed by atoms with Crippen molar-refractivity contribution in [2.24, 2.45) is 0 Å². The lowest BCUT2D eigenvalue weighted by atomic mass is 9.96. The predicted molar refractivity (Wildman–Crippen MR) is 157 cm³/mol. The minimum absolute atomic E-state index is 0.0549. The molecule has 2 N–H and O–H groups in total. The van der Waals surface area contributed by atoms with Gasteiger partial charge in [-0.15, -0.1) is 0 Å². The van der Waals surface area contributed by atoms with E-state index in [2.05, 4.69) is 56.0 Å². The van der Waals surface area contributed by atoms with Gasteiger partial charge in [0.05, 0.1) is 28.5 Å². The fraction of sp³-hybridized carbons (Fsp3) is 0.241. The van der Waals surface area contributed by atoms with Gasteiger partial charge in [0.1, 0.15) is 6.61 Å². The highest BCUT2D eigenvalue weighted by molar-refractivity contribution is 7.80. The molecule has 1 aromatic carbocycles.